The summed E-state index contributed by atoms with van der Waals surface area (Å²) < 4.78 is 29.6. The minimum atomic E-state index is -4.10. The average molecular weight is 563 g/mol. The molecule has 0 atom stereocenters. The van der Waals surface area contributed by atoms with E-state index < -0.39 is 22.0 Å². The number of nitrogens with one attached hydrogen (secondary N) is 2. The van der Waals surface area contributed by atoms with Crippen LogP contribution in [0.25, 0.3) is 11.1 Å². The molecule has 1 aromatic heterocycles. The molecule has 0 saturated carbocycles. The van der Waals surface area contributed by atoms with Gasteiger partial charge in [0.25, 0.3) is 10.0 Å². The first kappa shape index (κ1) is 28.6. The summed E-state index contributed by atoms with van der Waals surface area (Å²) in [4.78, 5) is 28.5. The third-order valence-electron chi connectivity index (χ3n) is 5.28. The lowest BCUT2D eigenvalue weighted by molar-refractivity contribution is 0.0680. The van der Waals surface area contributed by atoms with Gasteiger partial charge in [0.2, 0.25) is 0 Å². The van der Waals surface area contributed by atoms with Crippen LogP contribution >= 0.6 is 23.5 Å². The van der Waals surface area contributed by atoms with Gasteiger partial charge in [0.1, 0.15) is 5.03 Å². The molecule has 0 aliphatic carbocycles. The number of urea groups is 1. The molecule has 9 nitrogen and oxygen atoms in total. The highest BCUT2D eigenvalue weighted by Gasteiger charge is 2.24. The van der Waals surface area contributed by atoms with Gasteiger partial charge in [-0.3, -0.25) is 0 Å². The van der Waals surface area contributed by atoms with Crippen LogP contribution in [0.1, 0.15) is 42.7 Å². The average Bonchev–Trinajstić information content (AvgIpc) is 3.23. The van der Waals surface area contributed by atoms with E-state index >= 15 is 0 Å². The molecule has 2 aromatic carbocycles. The standard InChI is InChI=1S/C25H30N4O5S3/c1-4-14-26-24(32)28-37(33,34)20-9-7-6-8-19(20)18-12-10-17(11-13-18)16-29-21(23(30)31)22(35-3)27-25(29)36-15-5-2/h6-13H,4-5,14-16H2,1-3H3,(H,30,31)(H2,26,28,32). The first-order valence-electron chi connectivity index (χ1n) is 11.7. The fourth-order valence-electron chi connectivity index (χ4n) is 3.57. The van der Waals surface area contributed by atoms with E-state index in [1.165, 1.54) is 29.6 Å². The van der Waals surface area contributed by atoms with E-state index in [1.807, 2.05) is 19.1 Å². The van der Waals surface area contributed by atoms with Gasteiger partial charge in [-0.05, 0) is 36.3 Å². The fraction of sp³-hybridized carbons (Fsp3) is 0.320. The van der Waals surface area contributed by atoms with Crippen molar-refractivity contribution >= 4 is 45.5 Å². The normalized spacial score (nSPS) is 11.3. The second-order valence-corrected chi connectivity index (χ2v) is 11.6. The van der Waals surface area contributed by atoms with Crippen LogP contribution in [0.15, 0.2) is 63.6 Å². The third kappa shape index (κ3) is 7.08. The first-order valence-corrected chi connectivity index (χ1v) is 15.4. The van der Waals surface area contributed by atoms with E-state index in [0.717, 1.165) is 17.7 Å². The van der Waals surface area contributed by atoms with Crippen LogP contribution in [0.2, 0.25) is 0 Å². The first-order chi connectivity index (χ1) is 17.7. The lowest BCUT2D eigenvalue weighted by atomic mass is 10.0. The molecule has 12 heteroatoms. The van der Waals surface area contributed by atoms with E-state index in [9.17, 15) is 23.1 Å². The predicted octanol–water partition coefficient (Wildman–Crippen LogP) is 4.92. The zero-order valence-electron chi connectivity index (χ0n) is 20.9. The van der Waals surface area contributed by atoms with E-state index in [2.05, 4.69) is 21.9 Å². The molecule has 198 valence electrons. The summed E-state index contributed by atoms with van der Waals surface area (Å²) in [6, 6.07) is 12.9. The van der Waals surface area contributed by atoms with Crippen molar-refractivity contribution in [1.82, 2.24) is 19.6 Å². The summed E-state index contributed by atoms with van der Waals surface area (Å²) in [6.07, 6.45) is 3.41. The van der Waals surface area contributed by atoms with Crippen LogP contribution in [0.3, 0.4) is 0 Å². The fourth-order valence-corrected chi connectivity index (χ4v) is 6.21. The SMILES string of the molecule is CCCNC(=O)NS(=O)(=O)c1ccccc1-c1ccc(Cn2c(SCCC)nc(SC)c2C(=O)O)cc1. The number of sulfonamides is 1. The molecule has 3 N–H and O–H groups in total. The number of thioether (sulfide) groups is 2. The Kier molecular flexibility index (Phi) is 10.1. The molecule has 0 aliphatic rings. The molecule has 3 rings (SSSR count). The van der Waals surface area contributed by atoms with Crippen LogP contribution in [0.4, 0.5) is 4.79 Å². The Morgan fingerprint density at radius 3 is 2.38 bits per heavy atom. The number of carbonyl (C=O) groups is 2. The number of amides is 2. The Morgan fingerprint density at radius 1 is 1.05 bits per heavy atom. The summed E-state index contributed by atoms with van der Waals surface area (Å²) in [5, 5.41) is 13.5. The van der Waals surface area contributed by atoms with E-state index in [0.29, 0.717) is 40.8 Å². The summed E-state index contributed by atoms with van der Waals surface area (Å²) in [5.74, 6) is -0.218. The Balaban J connectivity index is 1.91. The van der Waals surface area contributed by atoms with E-state index in [1.54, 1.807) is 41.2 Å². The van der Waals surface area contributed by atoms with Gasteiger partial charge in [0, 0.05) is 17.9 Å². The molecule has 0 aliphatic heterocycles. The van der Waals surface area contributed by atoms with E-state index in [4.69, 9.17) is 0 Å². The van der Waals surface area contributed by atoms with Crippen molar-refractivity contribution < 1.29 is 23.1 Å². The quantitative estimate of drug-likeness (QED) is 0.265. The number of carbonyl (C=O) groups excluding carboxylic acids is 1. The number of benzene rings is 2. The maximum atomic E-state index is 12.9. The predicted molar refractivity (Wildman–Crippen MR) is 147 cm³/mol. The number of carboxylic acid groups (broad SMARTS) is 1. The highest BCUT2D eigenvalue weighted by Crippen LogP contribution is 2.30. The Bertz CT molecular complexity index is 1360. The van der Waals surface area contributed by atoms with Crippen LogP contribution in [0.5, 0.6) is 0 Å². The lowest BCUT2D eigenvalue weighted by Crippen LogP contribution is -2.39. The number of carboxylic acids is 1. The summed E-state index contributed by atoms with van der Waals surface area (Å²) >= 11 is 2.81. The van der Waals surface area contributed by atoms with Gasteiger partial charge in [-0.1, -0.05) is 68.1 Å². The monoisotopic (exact) mass is 562 g/mol. The van der Waals surface area contributed by atoms with Gasteiger partial charge in [-0.15, -0.1) is 11.8 Å². The molecule has 0 unspecified atom stereocenters. The molecule has 0 spiro atoms. The Hall–Kier alpha value is -2.96. The van der Waals surface area contributed by atoms with Gasteiger partial charge >= 0.3 is 12.0 Å². The number of nitrogens with zero attached hydrogens (tertiary/aromatic N) is 2. The summed E-state index contributed by atoms with van der Waals surface area (Å²) in [6.45, 7) is 4.59. The van der Waals surface area contributed by atoms with Crippen LogP contribution in [-0.2, 0) is 16.6 Å². The maximum absolute atomic E-state index is 12.9. The molecule has 0 radical (unpaired) electrons. The van der Waals surface area contributed by atoms with Crippen molar-refractivity contribution in [2.24, 2.45) is 0 Å². The zero-order chi connectivity index (χ0) is 27.0. The topological polar surface area (TPSA) is 130 Å². The molecule has 37 heavy (non-hydrogen) atoms. The van der Waals surface area contributed by atoms with Crippen molar-refractivity contribution in [1.29, 1.82) is 0 Å². The molecule has 0 bridgehead atoms. The molecule has 2 amide bonds. The second-order valence-electron chi connectivity index (χ2n) is 8.05. The summed E-state index contributed by atoms with van der Waals surface area (Å²) in [5.41, 5.74) is 2.09. The third-order valence-corrected chi connectivity index (χ3v) is 8.52. The molecule has 0 saturated heterocycles. The van der Waals surface area contributed by atoms with Crippen molar-refractivity contribution in [2.75, 3.05) is 18.6 Å². The highest BCUT2D eigenvalue weighted by molar-refractivity contribution is 7.99. The molecule has 3 aromatic rings. The lowest BCUT2D eigenvalue weighted by Gasteiger charge is -2.13. The van der Waals surface area contributed by atoms with Crippen LogP contribution in [-0.4, -0.2) is 53.6 Å². The van der Waals surface area contributed by atoms with Gasteiger partial charge in [-0.2, -0.15) is 0 Å². The maximum Gasteiger partial charge on any atom is 0.355 e. The van der Waals surface area contributed by atoms with Crippen molar-refractivity contribution in [2.45, 2.75) is 48.3 Å². The molecule has 1 heterocycles. The largest absolute Gasteiger partial charge is 0.476 e. The number of hydrogen-bond donors (Lipinski definition) is 3. The van der Waals surface area contributed by atoms with Crippen molar-refractivity contribution in [3.63, 3.8) is 0 Å². The Morgan fingerprint density at radius 2 is 1.76 bits per heavy atom. The Labute approximate surface area is 225 Å². The zero-order valence-corrected chi connectivity index (χ0v) is 23.3. The van der Waals surface area contributed by atoms with Gasteiger partial charge in [0.05, 0.1) is 11.4 Å². The van der Waals surface area contributed by atoms with Gasteiger partial charge in [0.15, 0.2) is 10.9 Å². The number of aromatic nitrogens is 2. The smallest absolute Gasteiger partial charge is 0.355 e. The number of hydrogen-bond acceptors (Lipinski definition) is 7. The second kappa shape index (κ2) is 13.0. The van der Waals surface area contributed by atoms with Gasteiger partial charge in [-0.25, -0.2) is 27.7 Å². The molecular formula is C25H30N4O5S3. The molecular weight excluding hydrogens is 532 g/mol. The minimum absolute atomic E-state index is 0.0139. The van der Waals surface area contributed by atoms with Gasteiger partial charge < -0.3 is 15.0 Å². The van der Waals surface area contributed by atoms with Crippen LogP contribution < -0.4 is 10.0 Å². The van der Waals surface area contributed by atoms with Crippen molar-refractivity contribution in [3.8, 4) is 11.1 Å². The van der Waals surface area contributed by atoms with Crippen LogP contribution in [0, 0.1) is 0 Å². The highest BCUT2D eigenvalue weighted by atomic mass is 32.2. The number of rotatable bonds is 12. The van der Waals surface area contributed by atoms with Crippen molar-refractivity contribution in [3.05, 3.63) is 59.8 Å². The minimum Gasteiger partial charge on any atom is -0.476 e. The summed E-state index contributed by atoms with van der Waals surface area (Å²) in [7, 11) is -4.10. The molecule has 0 fully saturated rings. The number of aromatic carboxylic acids is 1. The number of imidazole rings is 1. The van der Waals surface area contributed by atoms with E-state index in [-0.39, 0.29) is 10.6 Å².